The summed E-state index contributed by atoms with van der Waals surface area (Å²) in [6, 6.07) is 6.20. The Morgan fingerprint density at radius 3 is 2.74 bits per heavy atom. The molecule has 0 aliphatic rings. The second-order valence-corrected chi connectivity index (χ2v) is 5.55. The maximum atomic E-state index is 11.9. The average molecular weight is 333 g/mol. The van der Waals surface area contributed by atoms with Gasteiger partial charge in [-0.15, -0.1) is 0 Å². The maximum absolute atomic E-state index is 11.9. The Kier molecular flexibility index (Phi) is 5.42. The number of carbonyl (C=O) groups excluding carboxylic acids is 2. The first-order chi connectivity index (χ1) is 11.0. The van der Waals surface area contributed by atoms with Gasteiger partial charge in [0.2, 0.25) is 5.91 Å². The highest BCUT2D eigenvalue weighted by atomic mass is 32.1. The molecule has 23 heavy (non-hydrogen) atoms. The molecule has 8 heteroatoms. The van der Waals surface area contributed by atoms with E-state index in [0.29, 0.717) is 16.8 Å². The van der Waals surface area contributed by atoms with E-state index in [1.165, 1.54) is 23.5 Å². The highest BCUT2D eigenvalue weighted by molar-refractivity contribution is 7.08. The standard InChI is InChI=1S/C15H15N3O4S/c1-10-12(3-2-4-13(10)18(21)22)17-14(19)5-7-16-15(20)11-6-8-23-9-11/h2-4,6,8-9H,5,7H2,1H3,(H,16,20)(H,17,19). The van der Waals surface area contributed by atoms with Gasteiger partial charge in [0.1, 0.15) is 0 Å². The van der Waals surface area contributed by atoms with Crippen molar-refractivity contribution in [1.29, 1.82) is 0 Å². The summed E-state index contributed by atoms with van der Waals surface area (Å²) in [7, 11) is 0. The van der Waals surface area contributed by atoms with Crippen LogP contribution in [0.5, 0.6) is 0 Å². The van der Waals surface area contributed by atoms with Gasteiger partial charge in [-0.1, -0.05) is 6.07 Å². The molecular weight excluding hydrogens is 318 g/mol. The van der Waals surface area contributed by atoms with E-state index in [1.54, 1.807) is 29.8 Å². The Morgan fingerprint density at radius 1 is 1.30 bits per heavy atom. The summed E-state index contributed by atoms with van der Waals surface area (Å²) in [5.74, 6) is -0.551. The van der Waals surface area contributed by atoms with Crippen molar-refractivity contribution in [2.24, 2.45) is 0 Å². The molecule has 2 amide bonds. The SMILES string of the molecule is Cc1c(NC(=O)CCNC(=O)c2ccsc2)cccc1[N+](=O)[O-]. The maximum Gasteiger partial charge on any atom is 0.274 e. The predicted molar refractivity (Wildman–Crippen MR) is 87.7 cm³/mol. The zero-order chi connectivity index (χ0) is 16.8. The van der Waals surface area contributed by atoms with Gasteiger partial charge in [-0.3, -0.25) is 19.7 Å². The molecule has 2 N–H and O–H groups in total. The normalized spacial score (nSPS) is 10.1. The molecule has 120 valence electrons. The van der Waals surface area contributed by atoms with Crippen molar-refractivity contribution >= 4 is 34.5 Å². The van der Waals surface area contributed by atoms with E-state index in [4.69, 9.17) is 0 Å². The van der Waals surface area contributed by atoms with Crippen LogP contribution in [0.15, 0.2) is 35.0 Å². The van der Waals surface area contributed by atoms with Crippen molar-refractivity contribution in [3.63, 3.8) is 0 Å². The summed E-state index contributed by atoms with van der Waals surface area (Å²) in [5.41, 5.74) is 1.31. The van der Waals surface area contributed by atoms with Crippen LogP contribution in [-0.2, 0) is 4.79 Å². The van der Waals surface area contributed by atoms with Gasteiger partial charge >= 0.3 is 0 Å². The van der Waals surface area contributed by atoms with Crippen LogP contribution in [0.4, 0.5) is 11.4 Å². The van der Waals surface area contributed by atoms with Crippen molar-refractivity contribution in [3.05, 3.63) is 56.3 Å². The molecular formula is C15H15N3O4S. The topological polar surface area (TPSA) is 101 Å². The molecule has 0 atom stereocenters. The zero-order valence-electron chi connectivity index (χ0n) is 12.4. The predicted octanol–water partition coefficient (Wildman–Crippen LogP) is 2.72. The molecule has 1 heterocycles. The first-order valence-electron chi connectivity index (χ1n) is 6.83. The van der Waals surface area contributed by atoms with Crippen molar-refractivity contribution in [3.8, 4) is 0 Å². The smallest absolute Gasteiger partial charge is 0.274 e. The van der Waals surface area contributed by atoms with E-state index in [1.807, 2.05) is 0 Å². The first-order valence-corrected chi connectivity index (χ1v) is 7.77. The van der Waals surface area contributed by atoms with Gasteiger partial charge in [-0.2, -0.15) is 11.3 Å². The van der Waals surface area contributed by atoms with Crippen molar-refractivity contribution in [1.82, 2.24) is 5.32 Å². The fourth-order valence-corrected chi connectivity index (χ4v) is 2.59. The fourth-order valence-electron chi connectivity index (χ4n) is 1.95. The highest BCUT2D eigenvalue weighted by Gasteiger charge is 2.14. The molecule has 1 aromatic carbocycles. The van der Waals surface area contributed by atoms with E-state index < -0.39 is 4.92 Å². The van der Waals surface area contributed by atoms with Gasteiger partial charge in [0.05, 0.1) is 16.2 Å². The van der Waals surface area contributed by atoms with Crippen LogP contribution in [0.2, 0.25) is 0 Å². The Hall–Kier alpha value is -2.74. The number of rotatable bonds is 6. The van der Waals surface area contributed by atoms with Crippen LogP contribution in [-0.4, -0.2) is 23.3 Å². The van der Waals surface area contributed by atoms with E-state index in [-0.39, 0.29) is 30.5 Å². The summed E-state index contributed by atoms with van der Waals surface area (Å²) in [6.45, 7) is 1.76. The Labute approximate surface area is 136 Å². The van der Waals surface area contributed by atoms with Crippen LogP contribution in [0.3, 0.4) is 0 Å². The largest absolute Gasteiger partial charge is 0.351 e. The molecule has 7 nitrogen and oxygen atoms in total. The lowest BCUT2D eigenvalue weighted by atomic mass is 10.1. The Bertz CT molecular complexity index is 728. The number of nitrogens with one attached hydrogen (secondary N) is 2. The molecule has 2 aromatic rings. The number of carbonyl (C=O) groups is 2. The number of nitro groups is 1. The number of nitro benzene ring substituents is 1. The zero-order valence-corrected chi connectivity index (χ0v) is 13.2. The van der Waals surface area contributed by atoms with Crippen LogP contribution in [0, 0.1) is 17.0 Å². The van der Waals surface area contributed by atoms with Crippen LogP contribution >= 0.6 is 11.3 Å². The summed E-state index contributed by atoms with van der Waals surface area (Å²) < 4.78 is 0. The second kappa shape index (κ2) is 7.50. The van der Waals surface area contributed by atoms with Crippen molar-refractivity contribution in [2.75, 3.05) is 11.9 Å². The Balaban J connectivity index is 1.87. The lowest BCUT2D eigenvalue weighted by Crippen LogP contribution is -2.27. The molecule has 0 aliphatic heterocycles. The lowest BCUT2D eigenvalue weighted by Gasteiger charge is -2.09. The molecule has 2 rings (SSSR count). The third-order valence-corrected chi connectivity index (χ3v) is 3.88. The third kappa shape index (κ3) is 4.36. The number of anilines is 1. The van der Waals surface area contributed by atoms with Crippen molar-refractivity contribution < 1.29 is 14.5 Å². The van der Waals surface area contributed by atoms with E-state index >= 15 is 0 Å². The molecule has 0 spiro atoms. The minimum Gasteiger partial charge on any atom is -0.351 e. The quantitative estimate of drug-likeness (QED) is 0.627. The molecule has 0 radical (unpaired) electrons. The molecule has 0 aliphatic carbocycles. The minimum atomic E-state index is -0.494. The van der Waals surface area contributed by atoms with Gasteiger partial charge in [0.25, 0.3) is 11.6 Å². The van der Waals surface area contributed by atoms with Crippen LogP contribution in [0.25, 0.3) is 0 Å². The molecule has 0 saturated heterocycles. The van der Waals surface area contributed by atoms with Gasteiger partial charge in [0.15, 0.2) is 0 Å². The fraction of sp³-hybridized carbons (Fsp3) is 0.200. The van der Waals surface area contributed by atoms with Crippen molar-refractivity contribution in [2.45, 2.75) is 13.3 Å². The number of amides is 2. The summed E-state index contributed by atoms with van der Waals surface area (Å²) >= 11 is 1.42. The number of nitrogens with zero attached hydrogens (tertiary/aromatic N) is 1. The van der Waals surface area contributed by atoms with Gasteiger partial charge in [-0.25, -0.2) is 0 Å². The molecule has 1 aromatic heterocycles. The third-order valence-electron chi connectivity index (χ3n) is 3.20. The summed E-state index contributed by atoms with van der Waals surface area (Å²) in [5, 5.41) is 19.7. The number of benzene rings is 1. The molecule has 0 fully saturated rings. The summed E-state index contributed by atoms with van der Waals surface area (Å²) in [4.78, 5) is 34.0. The van der Waals surface area contributed by atoms with E-state index in [0.717, 1.165) is 0 Å². The Morgan fingerprint density at radius 2 is 2.09 bits per heavy atom. The monoisotopic (exact) mass is 333 g/mol. The van der Waals surface area contributed by atoms with Gasteiger partial charge < -0.3 is 10.6 Å². The number of thiophene rings is 1. The average Bonchev–Trinajstić information content (AvgIpc) is 3.03. The molecule has 0 saturated carbocycles. The van der Waals surface area contributed by atoms with Crippen LogP contribution < -0.4 is 10.6 Å². The number of hydrogen-bond donors (Lipinski definition) is 2. The second-order valence-electron chi connectivity index (χ2n) is 4.77. The molecule has 0 unspecified atom stereocenters. The van der Waals surface area contributed by atoms with Crippen LogP contribution in [0.1, 0.15) is 22.3 Å². The summed E-state index contributed by atoms with van der Waals surface area (Å²) in [6.07, 6.45) is 0.0814. The molecule has 0 bridgehead atoms. The van der Waals surface area contributed by atoms with Gasteiger partial charge in [-0.05, 0) is 24.4 Å². The van der Waals surface area contributed by atoms with E-state index in [2.05, 4.69) is 10.6 Å². The lowest BCUT2D eigenvalue weighted by molar-refractivity contribution is -0.385. The number of hydrogen-bond acceptors (Lipinski definition) is 5. The highest BCUT2D eigenvalue weighted by Crippen LogP contribution is 2.24. The minimum absolute atomic E-state index is 0.0476. The van der Waals surface area contributed by atoms with Gasteiger partial charge in [0, 0.05) is 30.0 Å². The van der Waals surface area contributed by atoms with E-state index in [9.17, 15) is 19.7 Å². The first kappa shape index (κ1) is 16.6.